The highest BCUT2D eigenvalue weighted by atomic mass is 19.1. The van der Waals surface area contributed by atoms with Crippen LogP contribution in [-0.2, 0) is 24.2 Å². The van der Waals surface area contributed by atoms with E-state index in [0.29, 0.717) is 25.1 Å². The number of aliphatic hydroxyl groups is 1. The molecule has 2 aliphatic rings. The third-order valence-corrected chi connectivity index (χ3v) is 5.85. The Morgan fingerprint density at radius 2 is 1.89 bits per heavy atom. The van der Waals surface area contributed by atoms with Crippen molar-refractivity contribution in [2.45, 2.75) is 32.2 Å². The van der Waals surface area contributed by atoms with Gasteiger partial charge in [-0.05, 0) is 54.2 Å². The highest BCUT2D eigenvalue weighted by molar-refractivity contribution is 5.97. The Hall–Kier alpha value is -2.53. The summed E-state index contributed by atoms with van der Waals surface area (Å²) in [6.07, 6.45) is 3.10. The van der Waals surface area contributed by atoms with E-state index in [0.717, 1.165) is 30.4 Å². The van der Waals surface area contributed by atoms with E-state index in [-0.39, 0.29) is 22.9 Å². The molecule has 1 atom stereocenters. The maximum atomic E-state index is 13.1. The van der Waals surface area contributed by atoms with Crippen LogP contribution in [0.1, 0.15) is 39.9 Å². The fraction of sp³-hybridized carbons (Fsp3) is 0.364. The predicted octanol–water partition coefficient (Wildman–Crippen LogP) is 2.91. The van der Waals surface area contributed by atoms with Gasteiger partial charge in [-0.2, -0.15) is 0 Å². The van der Waals surface area contributed by atoms with Crippen molar-refractivity contribution in [1.29, 1.82) is 0 Å². The molecule has 4 nitrogen and oxygen atoms in total. The number of nitrogens with zero attached hydrogens (tertiary/aromatic N) is 1. The first-order chi connectivity index (χ1) is 13.0. The SMILES string of the molecule is O=C(CO)c1ccc2c(c1)CC1(CC2)CC(=O)N(Cc2ccc(F)cc2)C1. The topological polar surface area (TPSA) is 57.6 Å². The number of carbonyl (C=O) groups excluding carboxylic acids is 2. The molecule has 0 radical (unpaired) electrons. The first-order valence-corrected chi connectivity index (χ1v) is 9.26. The Labute approximate surface area is 157 Å². The van der Waals surface area contributed by atoms with Gasteiger partial charge in [-0.25, -0.2) is 4.39 Å². The molecule has 140 valence electrons. The quantitative estimate of drug-likeness (QED) is 0.846. The van der Waals surface area contributed by atoms with Crippen LogP contribution in [0.4, 0.5) is 4.39 Å². The number of benzene rings is 2. The smallest absolute Gasteiger partial charge is 0.223 e. The zero-order chi connectivity index (χ0) is 19.0. The van der Waals surface area contributed by atoms with E-state index in [4.69, 9.17) is 5.11 Å². The van der Waals surface area contributed by atoms with E-state index in [9.17, 15) is 14.0 Å². The number of amides is 1. The van der Waals surface area contributed by atoms with Gasteiger partial charge in [0.2, 0.25) is 5.91 Å². The van der Waals surface area contributed by atoms with Crippen LogP contribution in [0.25, 0.3) is 0 Å². The van der Waals surface area contributed by atoms with Gasteiger partial charge in [0.15, 0.2) is 5.78 Å². The fourth-order valence-electron chi connectivity index (χ4n) is 4.41. The lowest BCUT2D eigenvalue weighted by atomic mass is 9.70. The van der Waals surface area contributed by atoms with Gasteiger partial charge in [-0.1, -0.05) is 24.3 Å². The lowest BCUT2D eigenvalue weighted by molar-refractivity contribution is -0.128. The van der Waals surface area contributed by atoms with Crippen molar-refractivity contribution in [2.75, 3.05) is 13.2 Å². The number of hydrogen-bond donors (Lipinski definition) is 1. The largest absolute Gasteiger partial charge is 0.388 e. The summed E-state index contributed by atoms with van der Waals surface area (Å²) in [5.41, 5.74) is 3.68. The van der Waals surface area contributed by atoms with Crippen LogP contribution in [-0.4, -0.2) is 34.8 Å². The monoisotopic (exact) mass is 367 g/mol. The molecule has 0 bridgehead atoms. The minimum absolute atomic E-state index is 0.106. The summed E-state index contributed by atoms with van der Waals surface area (Å²) in [6.45, 7) is 0.686. The standard InChI is InChI=1S/C22H22FNO3/c23-19-5-1-15(2-6-19)12-24-14-22(11-21(24)27)8-7-16-3-4-17(20(26)13-25)9-18(16)10-22/h1-6,9,25H,7-8,10-14H2. The van der Waals surface area contributed by atoms with Crippen molar-refractivity contribution < 1.29 is 19.1 Å². The third-order valence-electron chi connectivity index (χ3n) is 5.85. The number of ketones is 1. The van der Waals surface area contributed by atoms with Crippen molar-refractivity contribution in [3.63, 3.8) is 0 Å². The minimum atomic E-state index is -0.492. The number of likely N-dealkylation sites (tertiary alicyclic amines) is 1. The molecule has 1 N–H and O–H groups in total. The number of carbonyl (C=O) groups is 2. The number of Topliss-reactive ketones (excluding diaryl/α,β-unsaturated/α-hetero) is 1. The molecule has 2 aromatic rings. The molecule has 1 aliphatic heterocycles. The second kappa shape index (κ2) is 6.89. The van der Waals surface area contributed by atoms with E-state index in [1.54, 1.807) is 18.2 Å². The van der Waals surface area contributed by atoms with Crippen molar-refractivity contribution in [3.8, 4) is 0 Å². The van der Waals surface area contributed by atoms with Crippen LogP contribution >= 0.6 is 0 Å². The maximum absolute atomic E-state index is 13.1. The molecule has 1 aliphatic carbocycles. The molecular weight excluding hydrogens is 345 g/mol. The van der Waals surface area contributed by atoms with Crippen molar-refractivity contribution in [2.24, 2.45) is 5.41 Å². The molecule has 0 saturated carbocycles. The number of fused-ring (bicyclic) bond motifs is 1. The molecule has 1 unspecified atom stereocenters. The van der Waals surface area contributed by atoms with Crippen LogP contribution in [0.5, 0.6) is 0 Å². The summed E-state index contributed by atoms with van der Waals surface area (Å²) in [4.78, 5) is 26.3. The van der Waals surface area contributed by atoms with E-state index in [1.807, 2.05) is 17.0 Å². The summed E-state index contributed by atoms with van der Waals surface area (Å²) < 4.78 is 13.1. The first-order valence-electron chi connectivity index (χ1n) is 9.26. The van der Waals surface area contributed by atoms with Gasteiger partial charge in [0.25, 0.3) is 0 Å². The minimum Gasteiger partial charge on any atom is -0.388 e. The summed E-state index contributed by atoms with van der Waals surface area (Å²) >= 11 is 0. The van der Waals surface area contributed by atoms with Crippen molar-refractivity contribution in [1.82, 2.24) is 4.90 Å². The van der Waals surface area contributed by atoms with Crippen LogP contribution in [0.2, 0.25) is 0 Å². The van der Waals surface area contributed by atoms with E-state index in [2.05, 4.69) is 0 Å². The molecular formula is C22H22FNO3. The molecule has 1 spiro atoms. The Bertz CT molecular complexity index is 893. The second-order valence-electron chi connectivity index (χ2n) is 7.79. The lowest BCUT2D eigenvalue weighted by Gasteiger charge is -2.34. The van der Waals surface area contributed by atoms with Gasteiger partial charge in [0.1, 0.15) is 12.4 Å². The Balaban J connectivity index is 1.52. The number of rotatable bonds is 4. The van der Waals surface area contributed by atoms with Crippen LogP contribution in [0.15, 0.2) is 42.5 Å². The van der Waals surface area contributed by atoms with E-state index in [1.165, 1.54) is 17.7 Å². The molecule has 2 aromatic carbocycles. The highest BCUT2D eigenvalue weighted by Gasteiger charge is 2.44. The molecule has 1 fully saturated rings. The van der Waals surface area contributed by atoms with Crippen molar-refractivity contribution in [3.05, 3.63) is 70.5 Å². The Kier molecular flexibility index (Phi) is 4.56. The molecule has 1 saturated heterocycles. The molecule has 5 heteroatoms. The second-order valence-corrected chi connectivity index (χ2v) is 7.79. The fourth-order valence-corrected chi connectivity index (χ4v) is 4.41. The number of aliphatic hydroxyl groups excluding tert-OH is 1. The van der Waals surface area contributed by atoms with Gasteiger partial charge in [0.05, 0.1) is 0 Å². The number of halogens is 1. The average molecular weight is 367 g/mol. The van der Waals surface area contributed by atoms with Crippen LogP contribution < -0.4 is 0 Å². The molecule has 4 rings (SSSR count). The maximum Gasteiger partial charge on any atom is 0.223 e. The normalized spacial score (nSPS) is 21.6. The molecule has 1 heterocycles. The highest BCUT2D eigenvalue weighted by Crippen LogP contribution is 2.43. The molecule has 27 heavy (non-hydrogen) atoms. The zero-order valence-electron chi connectivity index (χ0n) is 15.1. The first kappa shape index (κ1) is 17.9. The van der Waals surface area contributed by atoms with E-state index >= 15 is 0 Å². The van der Waals surface area contributed by atoms with Crippen LogP contribution in [0, 0.1) is 11.2 Å². The summed E-state index contributed by atoms with van der Waals surface area (Å²) in [5, 5.41) is 9.10. The molecule has 1 amide bonds. The summed E-state index contributed by atoms with van der Waals surface area (Å²) in [6, 6.07) is 11.9. The van der Waals surface area contributed by atoms with Gasteiger partial charge in [-0.15, -0.1) is 0 Å². The van der Waals surface area contributed by atoms with Gasteiger partial charge in [0, 0.05) is 30.5 Å². The third kappa shape index (κ3) is 3.52. The van der Waals surface area contributed by atoms with Gasteiger partial charge < -0.3 is 10.0 Å². The predicted molar refractivity (Wildman–Crippen MR) is 98.8 cm³/mol. The van der Waals surface area contributed by atoms with Crippen molar-refractivity contribution >= 4 is 11.7 Å². The van der Waals surface area contributed by atoms with E-state index < -0.39 is 6.61 Å². The lowest BCUT2D eigenvalue weighted by Crippen LogP contribution is -2.33. The van der Waals surface area contributed by atoms with Crippen LogP contribution in [0.3, 0.4) is 0 Å². The Morgan fingerprint density at radius 3 is 2.63 bits per heavy atom. The molecule has 0 aromatic heterocycles. The summed E-state index contributed by atoms with van der Waals surface area (Å²) in [7, 11) is 0. The number of hydrogen-bond acceptors (Lipinski definition) is 3. The van der Waals surface area contributed by atoms with Gasteiger partial charge in [-0.3, -0.25) is 9.59 Å². The van der Waals surface area contributed by atoms with Gasteiger partial charge >= 0.3 is 0 Å². The zero-order valence-corrected chi connectivity index (χ0v) is 15.1. The average Bonchev–Trinajstić information content (AvgIpc) is 2.96. The Morgan fingerprint density at radius 1 is 1.11 bits per heavy atom. The number of aryl methyl sites for hydroxylation is 1. The summed E-state index contributed by atoms with van der Waals surface area (Å²) in [5.74, 6) is -0.427.